The van der Waals surface area contributed by atoms with Gasteiger partial charge < -0.3 is 10.1 Å². The Kier molecular flexibility index (Phi) is 5.79. The molecule has 1 saturated carbocycles. The van der Waals surface area contributed by atoms with Crippen LogP contribution in [0.25, 0.3) is 10.9 Å². The van der Waals surface area contributed by atoms with Gasteiger partial charge in [-0.3, -0.25) is 9.78 Å². The fourth-order valence-corrected chi connectivity index (χ4v) is 4.17. The molecule has 4 nitrogen and oxygen atoms in total. The minimum absolute atomic E-state index is 0.000918. The number of nitrogens with zero attached hydrogens (tertiary/aromatic N) is 1. The molecule has 1 aliphatic carbocycles. The minimum atomic E-state index is -0.000918. The third-order valence-electron chi connectivity index (χ3n) is 6.06. The van der Waals surface area contributed by atoms with E-state index in [0.717, 1.165) is 48.0 Å². The van der Waals surface area contributed by atoms with Gasteiger partial charge >= 0.3 is 0 Å². The van der Waals surface area contributed by atoms with Gasteiger partial charge in [-0.2, -0.15) is 0 Å². The Bertz CT molecular complexity index is 970. The maximum Gasteiger partial charge on any atom is 0.227 e. The lowest BCUT2D eigenvalue weighted by Gasteiger charge is -2.32. The number of nitrogens with one attached hydrogen (secondary N) is 1. The van der Waals surface area contributed by atoms with Gasteiger partial charge in [-0.05, 0) is 68.9 Å². The molecule has 1 N–H and O–H groups in total. The monoisotopic (exact) mass is 388 g/mol. The third kappa shape index (κ3) is 4.58. The number of amides is 1. The summed E-state index contributed by atoms with van der Waals surface area (Å²) >= 11 is 0. The zero-order chi connectivity index (χ0) is 20.2. The molecule has 1 fully saturated rings. The summed E-state index contributed by atoms with van der Waals surface area (Å²) in [6, 6.07) is 18.0. The number of hydrogen-bond acceptors (Lipinski definition) is 3. The largest absolute Gasteiger partial charge is 0.490 e. The summed E-state index contributed by atoms with van der Waals surface area (Å²) in [4.78, 5) is 17.1. The summed E-state index contributed by atoms with van der Waals surface area (Å²) in [6.07, 6.45) is 5.98. The maximum absolute atomic E-state index is 12.7. The first kappa shape index (κ1) is 19.4. The number of aromatic nitrogens is 1. The minimum Gasteiger partial charge on any atom is -0.490 e. The molecule has 1 atom stereocenters. The number of para-hydroxylation sites is 1. The number of aryl methyl sites for hydroxylation is 1. The van der Waals surface area contributed by atoms with Crippen molar-refractivity contribution in [2.45, 2.75) is 45.6 Å². The second kappa shape index (κ2) is 8.64. The number of fused-ring (bicyclic) bond motifs is 1. The molecule has 4 rings (SSSR count). The molecule has 2 aromatic carbocycles. The summed E-state index contributed by atoms with van der Waals surface area (Å²) in [6.45, 7) is 4.09. The van der Waals surface area contributed by atoms with Crippen molar-refractivity contribution in [3.8, 4) is 5.75 Å². The topological polar surface area (TPSA) is 51.2 Å². The summed E-state index contributed by atoms with van der Waals surface area (Å²) in [5.74, 6) is 1.41. The number of carbonyl (C=O) groups is 1. The molecule has 150 valence electrons. The van der Waals surface area contributed by atoms with Crippen molar-refractivity contribution in [2.24, 2.45) is 11.8 Å². The standard InChI is InChI=1S/C25H28N2O2/c1-17-7-11-20(12-8-17)27-25(28)18(2)19-9-13-21(14-10-19)29-24-15-16-26-23-6-4-3-5-22(23)24/h3-8,11-12,15-16,18-19,21H,9-10,13-14H2,1-2H3,(H,27,28)/t18-,19?,21?/m1/s1. The quantitative estimate of drug-likeness (QED) is 0.605. The van der Waals surface area contributed by atoms with Crippen LogP contribution in [0.15, 0.2) is 60.8 Å². The van der Waals surface area contributed by atoms with Gasteiger partial charge in [0, 0.05) is 23.2 Å². The van der Waals surface area contributed by atoms with Gasteiger partial charge in [-0.1, -0.05) is 36.8 Å². The second-order valence-electron chi connectivity index (χ2n) is 8.12. The van der Waals surface area contributed by atoms with Crippen LogP contribution in [-0.4, -0.2) is 17.0 Å². The molecular formula is C25H28N2O2. The van der Waals surface area contributed by atoms with Crippen LogP contribution in [0.3, 0.4) is 0 Å². The molecule has 0 saturated heterocycles. The van der Waals surface area contributed by atoms with Crippen LogP contribution < -0.4 is 10.1 Å². The first-order valence-corrected chi connectivity index (χ1v) is 10.5. The Morgan fingerprint density at radius 2 is 1.76 bits per heavy atom. The van der Waals surface area contributed by atoms with Crippen molar-refractivity contribution in [1.29, 1.82) is 0 Å². The van der Waals surface area contributed by atoms with Crippen molar-refractivity contribution in [2.75, 3.05) is 5.32 Å². The van der Waals surface area contributed by atoms with Crippen LogP contribution in [0.4, 0.5) is 5.69 Å². The molecule has 1 aromatic heterocycles. The van der Waals surface area contributed by atoms with Crippen LogP contribution in [0.1, 0.15) is 38.2 Å². The molecule has 3 aromatic rings. The van der Waals surface area contributed by atoms with Gasteiger partial charge in [0.25, 0.3) is 0 Å². The Hall–Kier alpha value is -2.88. The smallest absolute Gasteiger partial charge is 0.227 e. The zero-order valence-corrected chi connectivity index (χ0v) is 17.1. The van der Waals surface area contributed by atoms with Crippen LogP contribution in [0, 0.1) is 18.8 Å². The van der Waals surface area contributed by atoms with Gasteiger partial charge in [-0.25, -0.2) is 0 Å². The van der Waals surface area contributed by atoms with Crippen LogP contribution in [0.5, 0.6) is 5.75 Å². The van der Waals surface area contributed by atoms with E-state index in [4.69, 9.17) is 4.74 Å². The average Bonchev–Trinajstić information content (AvgIpc) is 2.75. The van der Waals surface area contributed by atoms with E-state index in [2.05, 4.69) is 16.4 Å². The van der Waals surface area contributed by atoms with E-state index in [-0.39, 0.29) is 17.9 Å². The summed E-state index contributed by atoms with van der Waals surface area (Å²) in [5.41, 5.74) is 3.02. The van der Waals surface area contributed by atoms with Crippen molar-refractivity contribution >= 4 is 22.5 Å². The molecule has 4 heteroatoms. The van der Waals surface area contributed by atoms with Crippen molar-refractivity contribution in [3.63, 3.8) is 0 Å². The fourth-order valence-electron chi connectivity index (χ4n) is 4.17. The molecule has 0 spiro atoms. The molecule has 0 radical (unpaired) electrons. The lowest BCUT2D eigenvalue weighted by Crippen LogP contribution is -2.32. The van der Waals surface area contributed by atoms with Crippen molar-refractivity contribution < 1.29 is 9.53 Å². The van der Waals surface area contributed by atoms with Gasteiger partial charge in [0.05, 0.1) is 11.6 Å². The Labute approximate surface area is 172 Å². The molecule has 1 heterocycles. The SMILES string of the molecule is Cc1ccc(NC(=O)[C@H](C)C2CCC(Oc3ccnc4ccccc34)CC2)cc1. The van der Waals surface area contributed by atoms with E-state index >= 15 is 0 Å². The van der Waals surface area contributed by atoms with Gasteiger partial charge in [0.15, 0.2) is 0 Å². The van der Waals surface area contributed by atoms with Gasteiger partial charge in [-0.15, -0.1) is 0 Å². The Balaban J connectivity index is 1.32. The first-order valence-electron chi connectivity index (χ1n) is 10.5. The number of hydrogen-bond donors (Lipinski definition) is 1. The van der Waals surface area contributed by atoms with E-state index in [0.29, 0.717) is 5.92 Å². The molecule has 29 heavy (non-hydrogen) atoms. The molecule has 0 bridgehead atoms. The van der Waals surface area contributed by atoms with Crippen LogP contribution >= 0.6 is 0 Å². The van der Waals surface area contributed by atoms with Gasteiger partial charge in [0.2, 0.25) is 5.91 Å². The molecule has 0 aliphatic heterocycles. The normalized spacial score (nSPS) is 20.2. The number of ether oxygens (including phenoxy) is 1. The first-order chi connectivity index (χ1) is 14.1. The molecule has 0 unspecified atom stereocenters. The lowest BCUT2D eigenvalue weighted by atomic mass is 9.79. The van der Waals surface area contributed by atoms with E-state index < -0.39 is 0 Å². The number of anilines is 1. The average molecular weight is 389 g/mol. The predicted octanol–water partition coefficient (Wildman–Crippen LogP) is 5.76. The number of rotatable bonds is 5. The van der Waals surface area contributed by atoms with Crippen LogP contribution in [-0.2, 0) is 4.79 Å². The van der Waals surface area contributed by atoms with Crippen LogP contribution in [0.2, 0.25) is 0 Å². The number of carbonyl (C=O) groups excluding carboxylic acids is 1. The maximum atomic E-state index is 12.7. The Morgan fingerprint density at radius 3 is 2.52 bits per heavy atom. The molecule has 1 aliphatic rings. The highest BCUT2D eigenvalue weighted by atomic mass is 16.5. The van der Waals surface area contributed by atoms with E-state index in [1.54, 1.807) is 6.20 Å². The van der Waals surface area contributed by atoms with E-state index in [1.807, 2.05) is 62.4 Å². The third-order valence-corrected chi connectivity index (χ3v) is 6.06. The van der Waals surface area contributed by atoms with Crippen molar-refractivity contribution in [3.05, 3.63) is 66.4 Å². The lowest BCUT2D eigenvalue weighted by molar-refractivity contribution is -0.121. The van der Waals surface area contributed by atoms with Crippen molar-refractivity contribution in [1.82, 2.24) is 4.98 Å². The van der Waals surface area contributed by atoms with Gasteiger partial charge in [0.1, 0.15) is 5.75 Å². The zero-order valence-electron chi connectivity index (χ0n) is 17.1. The Morgan fingerprint density at radius 1 is 1.03 bits per heavy atom. The van der Waals surface area contributed by atoms with E-state index in [1.165, 1.54) is 5.56 Å². The fraction of sp³-hybridized carbons (Fsp3) is 0.360. The highest BCUT2D eigenvalue weighted by Crippen LogP contribution is 2.34. The highest BCUT2D eigenvalue weighted by Gasteiger charge is 2.30. The number of pyridine rings is 1. The predicted molar refractivity (Wildman–Crippen MR) is 117 cm³/mol. The highest BCUT2D eigenvalue weighted by molar-refractivity contribution is 5.92. The summed E-state index contributed by atoms with van der Waals surface area (Å²) < 4.78 is 6.32. The molecule has 1 amide bonds. The summed E-state index contributed by atoms with van der Waals surface area (Å²) in [5, 5.41) is 4.12. The summed E-state index contributed by atoms with van der Waals surface area (Å²) in [7, 11) is 0. The second-order valence-corrected chi connectivity index (χ2v) is 8.12. The van der Waals surface area contributed by atoms with E-state index in [9.17, 15) is 4.79 Å². The number of benzene rings is 2. The molecular weight excluding hydrogens is 360 g/mol.